The SMILES string of the molecule is O=C(NCCN1C(=O)S/C(=C\c2ccccc2)C1=O)c1ccc(-n2cccc2)cc1. The number of nitrogens with one attached hydrogen (secondary N) is 1. The number of thioether (sulfide) groups is 1. The van der Waals surface area contributed by atoms with Crippen LogP contribution in [0.4, 0.5) is 4.79 Å². The Labute approximate surface area is 178 Å². The molecule has 30 heavy (non-hydrogen) atoms. The van der Waals surface area contributed by atoms with E-state index in [1.807, 2.05) is 71.6 Å². The standard InChI is InChI=1S/C23H19N3O3S/c27-21(18-8-10-19(11-9-18)25-13-4-5-14-25)24-12-15-26-22(28)20(30-23(26)29)16-17-6-2-1-3-7-17/h1-11,13-14,16H,12,15H2,(H,24,27)/b20-16-. The fraction of sp³-hybridized carbons (Fsp3) is 0.0870. The molecule has 0 saturated carbocycles. The number of aromatic nitrogens is 1. The minimum absolute atomic E-state index is 0.129. The molecule has 3 aromatic rings. The van der Waals surface area contributed by atoms with Gasteiger partial charge in [-0.25, -0.2) is 0 Å². The minimum atomic E-state index is -0.334. The fourth-order valence-electron chi connectivity index (χ4n) is 3.07. The average molecular weight is 417 g/mol. The van der Waals surface area contributed by atoms with E-state index in [0.29, 0.717) is 10.5 Å². The third-order valence-corrected chi connectivity index (χ3v) is 5.53. The summed E-state index contributed by atoms with van der Waals surface area (Å²) in [4.78, 5) is 38.6. The normalized spacial score (nSPS) is 15.1. The second-order valence-corrected chi connectivity index (χ2v) is 7.63. The molecule has 1 aliphatic rings. The fourth-order valence-corrected chi connectivity index (χ4v) is 3.93. The Kier molecular flexibility index (Phi) is 5.81. The van der Waals surface area contributed by atoms with Gasteiger partial charge in [0.05, 0.1) is 4.91 Å². The van der Waals surface area contributed by atoms with Crippen LogP contribution < -0.4 is 5.32 Å². The molecular formula is C23H19N3O3S. The van der Waals surface area contributed by atoms with Crippen LogP contribution >= 0.6 is 11.8 Å². The highest BCUT2D eigenvalue weighted by Gasteiger charge is 2.34. The molecule has 0 aliphatic carbocycles. The maximum atomic E-state index is 12.5. The minimum Gasteiger partial charge on any atom is -0.350 e. The topological polar surface area (TPSA) is 71.4 Å². The van der Waals surface area contributed by atoms with Gasteiger partial charge in [0, 0.05) is 36.7 Å². The maximum Gasteiger partial charge on any atom is 0.293 e. The lowest BCUT2D eigenvalue weighted by Gasteiger charge is -2.13. The summed E-state index contributed by atoms with van der Waals surface area (Å²) in [5.74, 6) is -0.583. The van der Waals surface area contributed by atoms with E-state index in [9.17, 15) is 14.4 Å². The van der Waals surface area contributed by atoms with Crippen molar-refractivity contribution in [2.45, 2.75) is 0 Å². The van der Waals surface area contributed by atoms with Crippen molar-refractivity contribution in [2.75, 3.05) is 13.1 Å². The molecular weight excluding hydrogens is 398 g/mol. The molecule has 3 amide bonds. The molecule has 0 unspecified atom stereocenters. The van der Waals surface area contributed by atoms with Crippen LogP contribution in [0.2, 0.25) is 0 Å². The van der Waals surface area contributed by atoms with E-state index in [4.69, 9.17) is 0 Å². The summed E-state index contributed by atoms with van der Waals surface area (Å²) < 4.78 is 1.95. The first kappa shape index (κ1) is 19.7. The predicted octanol–water partition coefficient (Wildman–Crippen LogP) is 3.94. The Morgan fingerprint density at radius 1 is 0.933 bits per heavy atom. The maximum absolute atomic E-state index is 12.5. The summed E-state index contributed by atoms with van der Waals surface area (Å²) in [6.07, 6.45) is 5.56. The van der Waals surface area contributed by atoms with Crippen molar-refractivity contribution >= 4 is 34.9 Å². The van der Waals surface area contributed by atoms with E-state index in [0.717, 1.165) is 27.9 Å². The number of rotatable bonds is 6. The van der Waals surface area contributed by atoms with Crippen molar-refractivity contribution in [3.63, 3.8) is 0 Å². The number of hydrogen-bond donors (Lipinski definition) is 1. The molecule has 0 spiro atoms. The third kappa shape index (κ3) is 4.36. The number of carbonyl (C=O) groups is 3. The van der Waals surface area contributed by atoms with E-state index in [1.54, 1.807) is 18.2 Å². The Balaban J connectivity index is 1.32. The number of hydrogen-bond acceptors (Lipinski definition) is 4. The highest BCUT2D eigenvalue weighted by atomic mass is 32.2. The smallest absolute Gasteiger partial charge is 0.293 e. The van der Waals surface area contributed by atoms with Crippen LogP contribution in [-0.4, -0.2) is 39.6 Å². The number of imide groups is 1. The van der Waals surface area contributed by atoms with Gasteiger partial charge in [-0.2, -0.15) is 0 Å². The van der Waals surface area contributed by atoms with Gasteiger partial charge in [0.25, 0.3) is 17.1 Å². The van der Waals surface area contributed by atoms with Gasteiger partial charge in [0.15, 0.2) is 0 Å². The van der Waals surface area contributed by atoms with Crippen molar-refractivity contribution in [1.29, 1.82) is 0 Å². The zero-order chi connectivity index (χ0) is 20.9. The molecule has 0 radical (unpaired) electrons. The molecule has 2 heterocycles. The summed E-state index contributed by atoms with van der Waals surface area (Å²) in [5.41, 5.74) is 2.34. The molecule has 150 valence electrons. The van der Waals surface area contributed by atoms with Gasteiger partial charge in [-0.05, 0) is 59.8 Å². The molecule has 0 bridgehead atoms. The van der Waals surface area contributed by atoms with Gasteiger partial charge in [0.2, 0.25) is 0 Å². The van der Waals surface area contributed by atoms with E-state index in [2.05, 4.69) is 5.32 Å². The second kappa shape index (κ2) is 8.84. The lowest BCUT2D eigenvalue weighted by molar-refractivity contribution is -0.122. The van der Waals surface area contributed by atoms with Gasteiger partial charge in [-0.3, -0.25) is 19.3 Å². The zero-order valence-electron chi connectivity index (χ0n) is 16.0. The molecule has 1 fully saturated rings. The highest BCUT2D eigenvalue weighted by molar-refractivity contribution is 8.18. The average Bonchev–Trinajstić information content (AvgIpc) is 3.39. The Hall–Kier alpha value is -3.58. The molecule has 4 rings (SSSR count). The largest absolute Gasteiger partial charge is 0.350 e. The molecule has 1 aromatic heterocycles. The van der Waals surface area contributed by atoms with Crippen molar-refractivity contribution in [1.82, 2.24) is 14.8 Å². The van der Waals surface area contributed by atoms with Crippen molar-refractivity contribution < 1.29 is 14.4 Å². The summed E-state index contributed by atoms with van der Waals surface area (Å²) >= 11 is 0.916. The zero-order valence-corrected chi connectivity index (χ0v) is 16.8. The monoisotopic (exact) mass is 417 g/mol. The van der Waals surface area contributed by atoms with Crippen molar-refractivity contribution in [3.05, 3.63) is 95.2 Å². The molecule has 1 N–H and O–H groups in total. The summed E-state index contributed by atoms with van der Waals surface area (Å²) in [7, 11) is 0. The van der Waals surface area contributed by atoms with Crippen LogP contribution in [0.5, 0.6) is 0 Å². The first-order valence-corrected chi connectivity index (χ1v) is 10.3. The summed E-state index contributed by atoms with van der Waals surface area (Å²) in [5, 5.41) is 2.44. The number of benzene rings is 2. The van der Waals surface area contributed by atoms with Gasteiger partial charge < -0.3 is 9.88 Å². The third-order valence-electron chi connectivity index (χ3n) is 4.62. The van der Waals surface area contributed by atoms with Gasteiger partial charge >= 0.3 is 0 Å². The van der Waals surface area contributed by atoms with Crippen LogP contribution in [-0.2, 0) is 4.79 Å². The number of nitrogens with zero attached hydrogens (tertiary/aromatic N) is 2. The Bertz CT molecular complexity index is 1090. The molecule has 6 nitrogen and oxygen atoms in total. The number of amides is 3. The Morgan fingerprint density at radius 3 is 2.33 bits per heavy atom. The highest BCUT2D eigenvalue weighted by Crippen LogP contribution is 2.31. The van der Waals surface area contributed by atoms with E-state index >= 15 is 0 Å². The number of carbonyl (C=O) groups excluding carboxylic acids is 3. The summed E-state index contributed by atoms with van der Waals surface area (Å²) in [6, 6.07) is 20.4. The van der Waals surface area contributed by atoms with E-state index in [1.165, 1.54) is 0 Å². The molecule has 7 heteroatoms. The van der Waals surface area contributed by atoms with Crippen molar-refractivity contribution in [3.8, 4) is 5.69 Å². The molecule has 1 saturated heterocycles. The quantitative estimate of drug-likeness (QED) is 0.617. The van der Waals surface area contributed by atoms with Crippen LogP contribution in [0, 0.1) is 0 Å². The second-order valence-electron chi connectivity index (χ2n) is 6.64. The van der Waals surface area contributed by atoms with Crippen LogP contribution in [0.1, 0.15) is 15.9 Å². The predicted molar refractivity (Wildman–Crippen MR) is 117 cm³/mol. The summed E-state index contributed by atoms with van der Waals surface area (Å²) in [6.45, 7) is 0.318. The van der Waals surface area contributed by atoms with Crippen LogP contribution in [0.3, 0.4) is 0 Å². The van der Waals surface area contributed by atoms with Crippen LogP contribution in [0.15, 0.2) is 84.0 Å². The molecule has 0 atom stereocenters. The van der Waals surface area contributed by atoms with Gasteiger partial charge in [-0.1, -0.05) is 30.3 Å². The first-order chi connectivity index (χ1) is 14.6. The van der Waals surface area contributed by atoms with Gasteiger partial charge in [-0.15, -0.1) is 0 Å². The first-order valence-electron chi connectivity index (χ1n) is 9.44. The lowest BCUT2D eigenvalue weighted by atomic mass is 10.2. The lowest BCUT2D eigenvalue weighted by Crippen LogP contribution is -2.37. The van der Waals surface area contributed by atoms with Crippen molar-refractivity contribution in [2.24, 2.45) is 0 Å². The molecule has 1 aliphatic heterocycles. The van der Waals surface area contributed by atoms with Gasteiger partial charge in [0.1, 0.15) is 0 Å². The van der Waals surface area contributed by atoms with E-state index in [-0.39, 0.29) is 30.1 Å². The Morgan fingerprint density at radius 2 is 1.63 bits per heavy atom. The van der Waals surface area contributed by atoms with E-state index < -0.39 is 0 Å². The molecule has 2 aromatic carbocycles. The van der Waals surface area contributed by atoms with Crippen LogP contribution in [0.25, 0.3) is 11.8 Å².